The zero-order valence-electron chi connectivity index (χ0n) is 14.3. The van der Waals surface area contributed by atoms with Gasteiger partial charge in [0, 0.05) is 4.90 Å². The van der Waals surface area contributed by atoms with E-state index in [4.69, 9.17) is 4.74 Å². The van der Waals surface area contributed by atoms with Crippen molar-refractivity contribution in [2.45, 2.75) is 24.0 Å². The van der Waals surface area contributed by atoms with E-state index in [1.165, 1.54) is 11.8 Å². The number of hydrogen-bond donors (Lipinski definition) is 2. The lowest BCUT2D eigenvalue weighted by atomic mass is 10.0. The fourth-order valence-corrected chi connectivity index (χ4v) is 3.87. The van der Waals surface area contributed by atoms with Gasteiger partial charge in [-0.2, -0.15) is 0 Å². The molecule has 2 N–H and O–H groups in total. The summed E-state index contributed by atoms with van der Waals surface area (Å²) in [4.78, 5) is 26.1. The lowest BCUT2D eigenvalue weighted by molar-refractivity contribution is -0.123. The molecule has 1 aliphatic heterocycles. The second kappa shape index (κ2) is 7.19. The molecule has 25 heavy (non-hydrogen) atoms. The highest BCUT2D eigenvalue weighted by Crippen LogP contribution is 2.38. The maximum atomic E-state index is 12.7. The molecule has 2 aromatic rings. The predicted octanol–water partition coefficient (Wildman–Crippen LogP) is 3.69. The van der Waals surface area contributed by atoms with E-state index in [-0.39, 0.29) is 11.8 Å². The molecule has 0 bridgehead atoms. The monoisotopic (exact) mass is 356 g/mol. The normalized spacial score (nSPS) is 17.2. The molecule has 5 nitrogen and oxygen atoms in total. The second-order valence-electron chi connectivity index (χ2n) is 6.01. The topological polar surface area (TPSA) is 67.4 Å². The number of ether oxygens (including phenoxy) is 1. The maximum Gasteiger partial charge on any atom is 0.238 e. The average Bonchev–Trinajstić information content (AvgIpc) is 2.60. The standard InChI is InChI=1S/C19H20N2O3S/c1-11-8-9-15(24-3)14(10-11)21-18(22)12(2)17-19(23)20-13-6-4-5-7-16(13)25-17/h4-10,12,17H,1-3H3,(H,20,23)(H,21,22). The third-order valence-electron chi connectivity index (χ3n) is 4.14. The summed E-state index contributed by atoms with van der Waals surface area (Å²) in [6.07, 6.45) is 0. The molecular formula is C19H20N2O3S. The minimum absolute atomic E-state index is 0.150. The van der Waals surface area contributed by atoms with Crippen LogP contribution in [0.1, 0.15) is 12.5 Å². The summed E-state index contributed by atoms with van der Waals surface area (Å²) >= 11 is 1.42. The number of amides is 2. The van der Waals surface area contributed by atoms with Crippen molar-refractivity contribution in [3.8, 4) is 5.75 Å². The highest BCUT2D eigenvalue weighted by molar-refractivity contribution is 8.01. The Balaban J connectivity index is 1.77. The molecule has 0 fully saturated rings. The average molecular weight is 356 g/mol. The first-order valence-electron chi connectivity index (χ1n) is 8.01. The van der Waals surface area contributed by atoms with Crippen LogP contribution in [0, 0.1) is 12.8 Å². The Kier molecular flexibility index (Phi) is 4.99. The Hall–Kier alpha value is -2.47. The van der Waals surface area contributed by atoms with Gasteiger partial charge >= 0.3 is 0 Å². The quantitative estimate of drug-likeness (QED) is 0.877. The molecular weight excluding hydrogens is 336 g/mol. The summed E-state index contributed by atoms with van der Waals surface area (Å²) in [5.74, 6) is -0.265. The van der Waals surface area contributed by atoms with Crippen LogP contribution in [-0.2, 0) is 9.59 Å². The van der Waals surface area contributed by atoms with Gasteiger partial charge in [-0.15, -0.1) is 11.8 Å². The van der Waals surface area contributed by atoms with E-state index in [1.54, 1.807) is 14.0 Å². The Bertz CT molecular complexity index is 822. The number of hydrogen-bond acceptors (Lipinski definition) is 4. The SMILES string of the molecule is COc1ccc(C)cc1NC(=O)C(C)C1Sc2ccccc2NC1=O. The summed E-state index contributed by atoms with van der Waals surface area (Å²) < 4.78 is 5.29. The number of nitrogens with one attached hydrogen (secondary N) is 2. The third kappa shape index (κ3) is 3.64. The van der Waals surface area contributed by atoms with Gasteiger partial charge in [-0.3, -0.25) is 9.59 Å². The van der Waals surface area contributed by atoms with E-state index < -0.39 is 11.2 Å². The van der Waals surface area contributed by atoms with Crippen LogP contribution in [0.5, 0.6) is 5.75 Å². The molecule has 3 rings (SSSR count). The van der Waals surface area contributed by atoms with Crippen molar-refractivity contribution in [1.29, 1.82) is 0 Å². The molecule has 2 aromatic carbocycles. The number of para-hydroxylation sites is 1. The van der Waals surface area contributed by atoms with Crippen LogP contribution in [0.25, 0.3) is 0 Å². The molecule has 0 radical (unpaired) electrons. The molecule has 0 spiro atoms. The van der Waals surface area contributed by atoms with E-state index in [9.17, 15) is 9.59 Å². The molecule has 1 heterocycles. The van der Waals surface area contributed by atoms with Crippen LogP contribution in [0.4, 0.5) is 11.4 Å². The molecule has 0 aliphatic carbocycles. The largest absolute Gasteiger partial charge is 0.495 e. The van der Waals surface area contributed by atoms with Crippen molar-refractivity contribution in [3.63, 3.8) is 0 Å². The molecule has 2 atom stereocenters. The lowest BCUT2D eigenvalue weighted by Crippen LogP contribution is -2.39. The number of anilines is 2. The van der Waals surface area contributed by atoms with Crippen LogP contribution < -0.4 is 15.4 Å². The molecule has 1 aliphatic rings. The number of fused-ring (bicyclic) bond motifs is 1. The fraction of sp³-hybridized carbons (Fsp3) is 0.263. The van der Waals surface area contributed by atoms with E-state index in [2.05, 4.69) is 10.6 Å². The van der Waals surface area contributed by atoms with Crippen molar-refractivity contribution in [2.75, 3.05) is 17.7 Å². The van der Waals surface area contributed by atoms with Crippen molar-refractivity contribution < 1.29 is 14.3 Å². The summed E-state index contributed by atoms with van der Waals surface area (Å²) in [6.45, 7) is 3.71. The maximum absolute atomic E-state index is 12.7. The highest BCUT2D eigenvalue weighted by atomic mass is 32.2. The van der Waals surface area contributed by atoms with Crippen LogP contribution in [0.15, 0.2) is 47.4 Å². The van der Waals surface area contributed by atoms with E-state index in [0.29, 0.717) is 11.4 Å². The van der Waals surface area contributed by atoms with Gasteiger partial charge in [-0.05, 0) is 36.8 Å². The van der Waals surface area contributed by atoms with Gasteiger partial charge in [0.25, 0.3) is 0 Å². The number of thioether (sulfide) groups is 1. The van der Waals surface area contributed by atoms with Gasteiger partial charge < -0.3 is 15.4 Å². The molecule has 6 heteroatoms. The van der Waals surface area contributed by atoms with Gasteiger partial charge in [0.05, 0.1) is 29.7 Å². The number of methoxy groups -OCH3 is 1. The van der Waals surface area contributed by atoms with E-state index in [1.807, 2.05) is 49.4 Å². The van der Waals surface area contributed by atoms with E-state index >= 15 is 0 Å². The molecule has 130 valence electrons. The minimum Gasteiger partial charge on any atom is -0.495 e. The Morgan fingerprint density at radius 3 is 2.80 bits per heavy atom. The van der Waals surface area contributed by atoms with Gasteiger partial charge in [0.1, 0.15) is 5.75 Å². The number of carbonyl (C=O) groups is 2. The zero-order valence-corrected chi connectivity index (χ0v) is 15.1. The van der Waals surface area contributed by atoms with Crippen LogP contribution >= 0.6 is 11.8 Å². The smallest absolute Gasteiger partial charge is 0.238 e. The lowest BCUT2D eigenvalue weighted by Gasteiger charge is -2.27. The first kappa shape index (κ1) is 17.4. The summed E-state index contributed by atoms with van der Waals surface area (Å²) in [7, 11) is 1.56. The van der Waals surface area contributed by atoms with Crippen molar-refractivity contribution >= 4 is 35.0 Å². The Labute approximate surface area is 151 Å². The second-order valence-corrected chi connectivity index (χ2v) is 7.19. The summed E-state index contributed by atoms with van der Waals surface area (Å²) in [5, 5.41) is 5.28. The van der Waals surface area contributed by atoms with Crippen molar-refractivity contribution in [3.05, 3.63) is 48.0 Å². The molecule has 2 unspecified atom stereocenters. The zero-order chi connectivity index (χ0) is 18.0. The molecule has 0 saturated heterocycles. The highest BCUT2D eigenvalue weighted by Gasteiger charge is 2.35. The molecule has 0 saturated carbocycles. The third-order valence-corrected chi connectivity index (χ3v) is 5.62. The molecule has 0 aromatic heterocycles. The van der Waals surface area contributed by atoms with Crippen LogP contribution in [0.2, 0.25) is 0 Å². The molecule has 2 amide bonds. The number of carbonyl (C=O) groups excluding carboxylic acids is 2. The van der Waals surface area contributed by atoms with Crippen molar-refractivity contribution in [2.24, 2.45) is 5.92 Å². The summed E-state index contributed by atoms with van der Waals surface area (Å²) in [5.41, 5.74) is 2.42. The van der Waals surface area contributed by atoms with Gasteiger partial charge in [-0.1, -0.05) is 25.1 Å². The van der Waals surface area contributed by atoms with Crippen LogP contribution in [0.3, 0.4) is 0 Å². The minimum atomic E-state index is -0.497. The Morgan fingerprint density at radius 1 is 1.28 bits per heavy atom. The number of rotatable bonds is 4. The Morgan fingerprint density at radius 2 is 2.04 bits per heavy atom. The van der Waals surface area contributed by atoms with Gasteiger partial charge in [-0.25, -0.2) is 0 Å². The van der Waals surface area contributed by atoms with Gasteiger partial charge in [0.15, 0.2) is 0 Å². The fourth-order valence-electron chi connectivity index (χ4n) is 2.70. The van der Waals surface area contributed by atoms with E-state index in [0.717, 1.165) is 16.1 Å². The number of aryl methyl sites for hydroxylation is 1. The van der Waals surface area contributed by atoms with Gasteiger partial charge in [0.2, 0.25) is 11.8 Å². The summed E-state index contributed by atoms with van der Waals surface area (Å²) in [6, 6.07) is 13.2. The predicted molar refractivity (Wildman–Crippen MR) is 100 cm³/mol. The van der Waals surface area contributed by atoms with Crippen molar-refractivity contribution in [1.82, 2.24) is 0 Å². The first-order chi connectivity index (χ1) is 12.0. The van der Waals surface area contributed by atoms with Crippen LogP contribution in [-0.4, -0.2) is 24.2 Å². The first-order valence-corrected chi connectivity index (χ1v) is 8.89. The number of benzene rings is 2.